The van der Waals surface area contributed by atoms with E-state index in [-0.39, 0.29) is 6.03 Å². The van der Waals surface area contributed by atoms with Crippen molar-refractivity contribution in [3.63, 3.8) is 0 Å². The molecule has 2 saturated heterocycles. The van der Waals surface area contributed by atoms with Crippen LogP contribution >= 0.6 is 0 Å². The molecule has 0 aromatic heterocycles. The normalized spacial score (nSPS) is 45.2. The largest absolute Gasteiger partial charge is 0.394 e. The third-order valence-corrected chi connectivity index (χ3v) is 2.89. The fourth-order valence-electron chi connectivity index (χ4n) is 1.95. The van der Waals surface area contributed by atoms with Gasteiger partial charge in [-0.15, -0.1) is 0 Å². The van der Waals surface area contributed by atoms with Gasteiger partial charge in [0.2, 0.25) is 0 Å². The summed E-state index contributed by atoms with van der Waals surface area (Å²) in [6, 6.07) is -1.02. The van der Waals surface area contributed by atoms with Gasteiger partial charge in [0.25, 0.3) is 0 Å². The quantitative estimate of drug-likeness (QED) is 0.388. The molecule has 2 fully saturated rings. The molecule has 0 aromatic carbocycles. The van der Waals surface area contributed by atoms with Gasteiger partial charge in [0.15, 0.2) is 6.23 Å². The molecule has 7 nitrogen and oxygen atoms in total. The Hall–Kier alpha value is -0.890. The number of carbonyl (C=O) groups is 1. The summed E-state index contributed by atoms with van der Waals surface area (Å²) in [7, 11) is 1.53. The number of nitrogens with zero attached hydrogens (tertiary/aromatic N) is 1. The molecule has 5 atom stereocenters. The second-order valence-corrected chi connectivity index (χ2v) is 3.82. The van der Waals surface area contributed by atoms with Gasteiger partial charge in [-0.3, -0.25) is 4.90 Å². The van der Waals surface area contributed by atoms with Gasteiger partial charge < -0.3 is 25.4 Å². The zero-order valence-electron chi connectivity index (χ0n) is 8.20. The summed E-state index contributed by atoms with van der Waals surface area (Å²) >= 11 is 0. The van der Waals surface area contributed by atoms with E-state index in [1.54, 1.807) is 0 Å². The summed E-state index contributed by atoms with van der Waals surface area (Å²) in [5, 5.41) is 30.7. The number of urea groups is 1. The molecule has 2 aliphatic heterocycles. The first-order valence-corrected chi connectivity index (χ1v) is 4.72. The van der Waals surface area contributed by atoms with Crippen molar-refractivity contribution in [3.8, 4) is 0 Å². The average Bonchev–Trinajstić information content (AvgIpc) is 2.50. The van der Waals surface area contributed by atoms with Crippen LogP contribution in [0.4, 0.5) is 4.79 Å². The number of aliphatic hydroxyl groups excluding tert-OH is 3. The van der Waals surface area contributed by atoms with E-state index in [2.05, 4.69) is 5.32 Å². The van der Waals surface area contributed by atoms with Crippen LogP contribution in [0, 0.1) is 0 Å². The number of aliphatic hydroxyl groups is 3. The lowest BCUT2D eigenvalue weighted by Gasteiger charge is -2.39. The summed E-state index contributed by atoms with van der Waals surface area (Å²) in [5.41, 5.74) is 0. The first-order chi connectivity index (χ1) is 7.06. The van der Waals surface area contributed by atoms with Gasteiger partial charge in [-0.2, -0.15) is 0 Å². The monoisotopic (exact) mass is 218 g/mol. The molecule has 0 radical (unpaired) electrons. The van der Waals surface area contributed by atoms with Crippen LogP contribution in [0.3, 0.4) is 0 Å². The molecule has 0 bridgehead atoms. The van der Waals surface area contributed by atoms with Crippen molar-refractivity contribution in [2.75, 3.05) is 13.7 Å². The molecule has 86 valence electrons. The van der Waals surface area contributed by atoms with E-state index in [1.807, 2.05) is 0 Å². The summed E-state index contributed by atoms with van der Waals surface area (Å²) in [5.74, 6) is 0. The molecule has 0 aliphatic carbocycles. The van der Waals surface area contributed by atoms with Crippen LogP contribution in [-0.2, 0) is 4.74 Å². The maximum absolute atomic E-state index is 11.3. The molecule has 7 heteroatoms. The molecule has 5 unspecified atom stereocenters. The van der Waals surface area contributed by atoms with Gasteiger partial charge in [0, 0.05) is 7.05 Å². The fourth-order valence-corrected chi connectivity index (χ4v) is 1.95. The third kappa shape index (κ3) is 1.48. The van der Waals surface area contributed by atoms with Crippen molar-refractivity contribution in [3.05, 3.63) is 0 Å². The Labute approximate surface area is 86.2 Å². The minimum absolute atomic E-state index is 0.366. The maximum Gasteiger partial charge on any atom is 0.319 e. The Balaban J connectivity index is 2.19. The predicted molar refractivity (Wildman–Crippen MR) is 47.8 cm³/mol. The molecular weight excluding hydrogens is 204 g/mol. The standard InChI is InChI=1S/C8H14N2O5/c1-10-7-4(9-8(10)14)6(13)5(12)3(2-11)15-7/h3-7,11-13H,2H2,1H3,(H,9,14). The molecule has 0 aromatic rings. The molecule has 4 N–H and O–H groups in total. The Bertz CT molecular complexity index is 274. The number of hydrogen-bond acceptors (Lipinski definition) is 5. The SMILES string of the molecule is CN1C(=O)NC2C(O)C(O)C(CO)OC21. The van der Waals surface area contributed by atoms with Gasteiger partial charge >= 0.3 is 6.03 Å². The van der Waals surface area contributed by atoms with Crippen molar-refractivity contribution in [2.24, 2.45) is 0 Å². The van der Waals surface area contributed by atoms with Crippen molar-refractivity contribution < 1.29 is 24.9 Å². The first kappa shape index (κ1) is 10.6. The van der Waals surface area contributed by atoms with Gasteiger partial charge in [0.05, 0.1) is 6.61 Å². The average molecular weight is 218 g/mol. The molecule has 2 amide bonds. The van der Waals surface area contributed by atoms with Crippen molar-refractivity contribution >= 4 is 6.03 Å². The van der Waals surface area contributed by atoms with Crippen molar-refractivity contribution in [1.82, 2.24) is 10.2 Å². The summed E-state index contributed by atoms with van der Waals surface area (Å²) in [6.07, 6.45) is -3.83. The van der Waals surface area contributed by atoms with E-state index in [1.165, 1.54) is 11.9 Å². The predicted octanol–water partition coefficient (Wildman–Crippen LogP) is -2.55. The lowest BCUT2D eigenvalue weighted by Crippen LogP contribution is -2.61. The number of ether oxygens (including phenoxy) is 1. The van der Waals surface area contributed by atoms with Gasteiger partial charge in [-0.1, -0.05) is 0 Å². The zero-order valence-corrected chi connectivity index (χ0v) is 8.20. The number of nitrogens with one attached hydrogen (secondary N) is 1. The van der Waals surface area contributed by atoms with Gasteiger partial charge in [-0.05, 0) is 0 Å². The van der Waals surface area contributed by atoms with Crippen LogP contribution in [0.1, 0.15) is 0 Å². The minimum Gasteiger partial charge on any atom is -0.394 e. The number of carbonyl (C=O) groups excluding carboxylic acids is 1. The second-order valence-electron chi connectivity index (χ2n) is 3.82. The molecule has 2 aliphatic rings. The number of rotatable bonds is 1. The zero-order chi connectivity index (χ0) is 11.2. The molecule has 2 heterocycles. The number of likely N-dealkylation sites (N-methyl/N-ethyl adjacent to an activating group) is 1. The van der Waals surface area contributed by atoms with Gasteiger partial charge in [-0.25, -0.2) is 4.79 Å². The van der Waals surface area contributed by atoms with Gasteiger partial charge in [0.1, 0.15) is 24.4 Å². The lowest BCUT2D eigenvalue weighted by atomic mass is 9.97. The lowest BCUT2D eigenvalue weighted by molar-refractivity contribution is -0.207. The van der Waals surface area contributed by atoms with Crippen LogP contribution in [0.2, 0.25) is 0 Å². The van der Waals surface area contributed by atoms with E-state index in [0.717, 1.165) is 0 Å². The number of hydrogen-bond donors (Lipinski definition) is 4. The van der Waals surface area contributed by atoms with Crippen LogP contribution < -0.4 is 5.32 Å². The van der Waals surface area contributed by atoms with Crippen molar-refractivity contribution in [2.45, 2.75) is 30.6 Å². The highest BCUT2D eigenvalue weighted by atomic mass is 16.5. The highest BCUT2D eigenvalue weighted by Crippen LogP contribution is 2.26. The molecule has 2 rings (SSSR count). The van der Waals surface area contributed by atoms with E-state index in [0.29, 0.717) is 0 Å². The third-order valence-electron chi connectivity index (χ3n) is 2.89. The highest BCUT2D eigenvalue weighted by molar-refractivity contribution is 5.77. The van der Waals surface area contributed by atoms with Crippen molar-refractivity contribution in [1.29, 1.82) is 0 Å². The van der Waals surface area contributed by atoms with Crippen LogP contribution in [-0.4, -0.2) is 70.5 Å². The van der Waals surface area contributed by atoms with Crippen LogP contribution in [0.15, 0.2) is 0 Å². The molecule has 0 spiro atoms. The van der Waals surface area contributed by atoms with E-state index < -0.39 is 37.2 Å². The van der Waals surface area contributed by atoms with E-state index in [4.69, 9.17) is 9.84 Å². The number of fused-ring (bicyclic) bond motifs is 1. The second kappa shape index (κ2) is 3.60. The van der Waals surface area contributed by atoms with Crippen LogP contribution in [0.25, 0.3) is 0 Å². The molecule has 0 saturated carbocycles. The summed E-state index contributed by atoms with van der Waals surface area (Å²) in [4.78, 5) is 12.6. The highest BCUT2D eigenvalue weighted by Gasteiger charge is 2.51. The smallest absolute Gasteiger partial charge is 0.319 e. The Morgan fingerprint density at radius 2 is 2.13 bits per heavy atom. The number of amides is 2. The van der Waals surface area contributed by atoms with E-state index in [9.17, 15) is 15.0 Å². The fraction of sp³-hybridized carbons (Fsp3) is 0.875. The maximum atomic E-state index is 11.3. The molecule has 15 heavy (non-hydrogen) atoms. The first-order valence-electron chi connectivity index (χ1n) is 4.72. The van der Waals surface area contributed by atoms with Crippen LogP contribution in [0.5, 0.6) is 0 Å². The Kier molecular flexibility index (Phi) is 2.55. The Morgan fingerprint density at radius 3 is 2.73 bits per heavy atom. The van der Waals surface area contributed by atoms with E-state index >= 15 is 0 Å². The summed E-state index contributed by atoms with van der Waals surface area (Å²) in [6.45, 7) is -0.399. The Morgan fingerprint density at radius 1 is 1.47 bits per heavy atom. The molecular formula is C8H14N2O5. The summed E-state index contributed by atoms with van der Waals surface area (Å²) < 4.78 is 5.31. The topological polar surface area (TPSA) is 102 Å². The minimum atomic E-state index is -1.19.